The van der Waals surface area contributed by atoms with Crippen molar-refractivity contribution < 1.29 is 17.0 Å². The van der Waals surface area contributed by atoms with E-state index in [4.69, 9.17) is 0 Å². The quantitative estimate of drug-likeness (QED) is 0.577. The summed E-state index contributed by atoms with van der Waals surface area (Å²) in [7, 11) is 0. The molecule has 134 valence electrons. The van der Waals surface area contributed by atoms with Crippen LogP contribution in [-0.2, 0) is 5.41 Å². The van der Waals surface area contributed by atoms with Crippen molar-refractivity contribution in [3.05, 3.63) is 58.9 Å². The molecule has 1 heterocycles. The molecule has 0 N–H and O–H groups in total. The number of hydrogen-bond acceptors (Lipinski definition) is 0. The average Bonchev–Trinajstić information content (AvgIpc) is 2.82. The molecule has 0 fully saturated rings. The Labute approximate surface area is 159 Å². The van der Waals surface area contributed by atoms with Gasteiger partial charge in [-0.3, -0.25) is 0 Å². The van der Waals surface area contributed by atoms with Crippen LogP contribution in [0.5, 0.6) is 0 Å². The summed E-state index contributed by atoms with van der Waals surface area (Å²) in [5.41, 5.74) is 10.7. The highest BCUT2D eigenvalue weighted by atomic mass is 35.5. The number of rotatable bonds is 4. The fraction of sp³-hybridized carbons (Fsp3) is 0.478. The summed E-state index contributed by atoms with van der Waals surface area (Å²) in [5.74, 6) is 0. The third-order valence-electron chi connectivity index (χ3n) is 5.31. The van der Waals surface area contributed by atoms with E-state index in [0.717, 1.165) is 13.0 Å². The van der Waals surface area contributed by atoms with Crippen LogP contribution in [0.15, 0.2) is 53.3 Å². The largest absolute Gasteiger partial charge is 1.00 e. The van der Waals surface area contributed by atoms with Crippen molar-refractivity contribution in [2.75, 3.05) is 6.54 Å². The van der Waals surface area contributed by atoms with Gasteiger partial charge < -0.3 is 12.4 Å². The SMILES string of the molecule is CC=C=C(C1=CCCCC1)C1=[N+](CCC)c2ccccc2C1(C)C.[Cl-]. The molecule has 0 unspecified atom stereocenters. The molecule has 1 aromatic carbocycles. The molecule has 0 saturated heterocycles. The maximum Gasteiger partial charge on any atom is 0.209 e. The van der Waals surface area contributed by atoms with Crippen molar-refractivity contribution in [2.45, 2.75) is 65.2 Å². The number of halogens is 1. The van der Waals surface area contributed by atoms with Crippen LogP contribution in [0, 0.1) is 0 Å². The minimum absolute atomic E-state index is 0. The van der Waals surface area contributed by atoms with Crippen molar-refractivity contribution in [3.8, 4) is 0 Å². The molecule has 0 saturated carbocycles. The molecule has 0 radical (unpaired) electrons. The molecule has 2 heteroatoms. The summed E-state index contributed by atoms with van der Waals surface area (Å²) >= 11 is 0. The summed E-state index contributed by atoms with van der Waals surface area (Å²) < 4.78 is 2.55. The summed E-state index contributed by atoms with van der Waals surface area (Å²) in [4.78, 5) is 0. The van der Waals surface area contributed by atoms with Crippen LogP contribution in [0.2, 0.25) is 0 Å². The van der Waals surface area contributed by atoms with Crippen LogP contribution in [0.1, 0.15) is 65.4 Å². The van der Waals surface area contributed by atoms with Gasteiger partial charge in [0.25, 0.3) is 0 Å². The zero-order chi connectivity index (χ0) is 17.2. The Kier molecular flexibility index (Phi) is 6.49. The van der Waals surface area contributed by atoms with Crippen LogP contribution in [-0.4, -0.2) is 16.8 Å². The Morgan fingerprint density at radius 2 is 2.00 bits per heavy atom. The molecule has 0 bridgehead atoms. The third-order valence-corrected chi connectivity index (χ3v) is 5.31. The lowest BCUT2D eigenvalue weighted by atomic mass is 9.76. The maximum absolute atomic E-state index is 3.62. The smallest absolute Gasteiger partial charge is 0.209 e. The lowest BCUT2D eigenvalue weighted by Gasteiger charge is -2.21. The topological polar surface area (TPSA) is 3.01 Å². The molecule has 1 aliphatic carbocycles. The van der Waals surface area contributed by atoms with Gasteiger partial charge in [-0.15, -0.1) is 5.73 Å². The van der Waals surface area contributed by atoms with Gasteiger partial charge in [0.1, 0.15) is 6.54 Å². The Hall–Kier alpha value is -1.56. The summed E-state index contributed by atoms with van der Waals surface area (Å²) in [6.45, 7) is 10.2. The van der Waals surface area contributed by atoms with E-state index in [1.807, 2.05) is 0 Å². The normalized spacial score (nSPS) is 18.0. The number of hydrogen-bond donors (Lipinski definition) is 0. The molecule has 0 spiro atoms. The highest BCUT2D eigenvalue weighted by molar-refractivity contribution is 6.09. The molecule has 0 amide bonds. The summed E-state index contributed by atoms with van der Waals surface area (Å²) in [6.07, 6.45) is 10.7. The molecule has 0 atom stereocenters. The van der Waals surface area contributed by atoms with Gasteiger partial charge in [-0.2, -0.15) is 4.58 Å². The van der Waals surface area contributed by atoms with Crippen molar-refractivity contribution in [1.29, 1.82) is 0 Å². The van der Waals surface area contributed by atoms with Crippen LogP contribution < -0.4 is 12.4 Å². The number of benzene rings is 1. The van der Waals surface area contributed by atoms with Gasteiger partial charge in [0, 0.05) is 18.1 Å². The van der Waals surface area contributed by atoms with Gasteiger partial charge in [0.15, 0.2) is 0 Å². The first-order valence-corrected chi connectivity index (χ1v) is 9.46. The van der Waals surface area contributed by atoms with E-state index in [0.29, 0.717) is 0 Å². The monoisotopic (exact) mass is 355 g/mol. The standard InChI is InChI=1S/C23H30N.ClH/c1-5-12-19(18-13-8-7-9-14-18)22-23(3,4)20-15-10-11-16-21(20)24(22)17-6-2;/h5,10-11,13,15-16H,6-9,14,17H2,1-4H3;1H/q+1;/p-1. The van der Waals surface area contributed by atoms with Crippen molar-refractivity contribution in [1.82, 2.24) is 0 Å². The molecule has 1 aromatic rings. The number of para-hydroxylation sites is 1. The first-order chi connectivity index (χ1) is 11.6. The van der Waals surface area contributed by atoms with E-state index < -0.39 is 0 Å². The Balaban J connectivity index is 0.00000225. The number of fused-ring (bicyclic) bond motifs is 1. The van der Waals surface area contributed by atoms with Crippen molar-refractivity contribution >= 4 is 11.4 Å². The van der Waals surface area contributed by atoms with Crippen LogP contribution in [0.4, 0.5) is 5.69 Å². The zero-order valence-corrected chi connectivity index (χ0v) is 16.8. The fourth-order valence-corrected chi connectivity index (χ4v) is 4.25. The number of nitrogens with zero attached hydrogens (tertiary/aromatic N) is 1. The van der Waals surface area contributed by atoms with Crippen molar-refractivity contribution in [2.24, 2.45) is 0 Å². The average molecular weight is 356 g/mol. The predicted molar refractivity (Wildman–Crippen MR) is 103 cm³/mol. The fourth-order valence-electron chi connectivity index (χ4n) is 4.25. The maximum atomic E-state index is 3.62. The van der Waals surface area contributed by atoms with Crippen molar-refractivity contribution in [3.63, 3.8) is 0 Å². The lowest BCUT2D eigenvalue weighted by Crippen LogP contribution is -3.00. The molecular formula is C23H30ClN. The van der Waals surface area contributed by atoms with Crippen LogP contribution in [0.3, 0.4) is 0 Å². The minimum Gasteiger partial charge on any atom is -1.00 e. The van der Waals surface area contributed by atoms with E-state index in [-0.39, 0.29) is 17.8 Å². The highest BCUT2D eigenvalue weighted by Crippen LogP contribution is 2.43. The summed E-state index contributed by atoms with van der Waals surface area (Å²) in [5, 5.41) is 0. The first-order valence-electron chi connectivity index (χ1n) is 9.46. The van der Waals surface area contributed by atoms with Gasteiger partial charge in [-0.05, 0) is 58.1 Å². The van der Waals surface area contributed by atoms with E-state index in [1.54, 1.807) is 0 Å². The molecule has 1 nitrogen and oxygen atoms in total. The van der Waals surface area contributed by atoms with Gasteiger partial charge in [-0.1, -0.05) is 31.2 Å². The number of allylic oxidation sites excluding steroid dienone is 3. The third kappa shape index (κ3) is 3.54. The Morgan fingerprint density at radius 1 is 1.24 bits per heavy atom. The molecule has 1 aliphatic heterocycles. The second kappa shape index (κ2) is 8.21. The molecule has 25 heavy (non-hydrogen) atoms. The Morgan fingerprint density at radius 3 is 2.64 bits per heavy atom. The van der Waals surface area contributed by atoms with Crippen LogP contribution >= 0.6 is 0 Å². The molecule has 3 rings (SSSR count). The van der Waals surface area contributed by atoms with Gasteiger partial charge in [-0.25, -0.2) is 0 Å². The van der Waals surface area contributed by atoms with Gasteiger partial charge in [0.05, 0.1) is 11.0 Å². The minimum atomic E-state index is 0. The van der Waals surface area contributed by atoms with Crippen LogP contribution in [0.25, 0.3) is 0 Å². The lowest BCUT2D eigenvalue weighted by molar-refractivity contribution is -0.438. The Bertz CT molecular complexity index is 758. The van der Waals surface area contributed by atoms with Gasteiger partial charge >= 0.3 is 0 Å². The van der Waals surface area contributed by atoms with E-state index in [2.05, 4.69) is 74.4 Å². The molecule has 2 aliphatic rings. The zero-order valence-electron chi connectivity index (χ0n) is 16.0. The second-order valence-corrected chi connectivity index (χ2v) is 7.43. The summed E-state index contributed by atoms with van der Waals surface area (Å²) in [6, 6.07) is 8.92. The second-order valence-electron chi connectivity index (χ2n) is 7.43. The van der Waals surface area contributed by atoms with E-state index in [9.17, 15) is 0 Å². The van der Waals surface area contributed by atoms with E-state index >= 15 is 0 Å². The predicted octanol–water partition coefficient (Wildman–Crippen LogP) is 3.08. The van der Waals surface area contributed by atoms with Gasteiger partial charge in [0.2, 0.25) is 11.4 Å². The van der Waals surface area contributed by atoms with E-state index in [1.165, 1.54) is 53.8 Å². The molecule has 0 aromatic heterocycles. The molecular weight excluding hydrogens is 326 g/mol. The highest BCUT2D eigenvalue weighted by Gasteiger charge is 2.47. The first kappa shape index (κ1) is 19.8.